The highest BCUT2D eigenvalue weighted by Crippen LogP contribution is 2.41. The van der Waals surface area contributed by atoms with Gasteiger partial charge in [-0.15, -0.1) is 0 Å². The van der Waals surface area contributed by atoms with E-state index in [4.69, 9.17) is 56.8 Å². The molecule has 3 fully saturated rings. The van der Waals surface area contributed by atoms with Gasteiger partial charge in [0.05, 0.1) is 6.61 Å². The maximum absolute atomic E-state index is 12.4. The predicted molar refractivity (Wildman–Crippen MR) is 153 cm³/mol. The lowest BCUT2D eigenvalue weighted by atomic mass is 9.96. The van der Waals surface area contributed by atoms with Crippen molar-refractivity contribution in [3.8, 4) is 0 Å². The van der Waals surface area contributed by atoms with Crippen molar-refractivity contribution >= 4 is 35.8 Å². The van der Waals surface area contributed by atoms with Gasteiger partial charge >= 0.3 is 35.8 Å². The molecule has 0 saturated carbocycles. The van der Waals surface area contributed by atoms with Gasteiger partial charge in [0, 0.05) is 48.5 Å². The second-order valence-electron chi connectivity index (χ2n) is 11.9. The van der Waals surface area contributed by atoms with E-state index in [1.807, 2.05) is 13.8 Å². The van der Waals surface area contributed by atoms with Crippen molar-refractivity contribution in [2.24, 2.45) is 5.92 Å². The molecule has 272 valence electrons. The van der Waals surface area contributed by atoms with Crippen molar-refractivity contribution in [1.82, 2.24) is 0 Å². The van der Waals surface area contributed by atoms with Gasteiger partial charge < -0.3 is 52.1 Å². The first-order valence-corrected chi connectivity index (χ1v) is 15.3. The summed E-state index contributed by atoms with van der Waals surface area (Å²) in [6.45, 7) is 11.2. The Morgan fingerprint density at radius 1 is 0.604 bits per heavy atom. The van der Waals surface area contributed by atoms with Crippen LogP contribution in [0.15, 0.2) is 0 Å². The second-order valence-corrected chi connectivity index (χ2v) is 11.9. The minimum absolute atomic E-state index is 0.0946. The summed E-state index contributed by atoms with van der Waals surface area (Å²) in [5, 5.41) is 0. The fourth-order valence-electron chi connectivity index (χ4n) is 5.25. The normalized spacial score (nSPS) is 34.4. The molecule has 3 saturated heterocycles. The Balaban J connectivity index is 2.08. The Hall–Kier alpha value is -3.42. The van der Waals surface area contributed by atoms with E-state index in [1.54, 1.807) is 0 Å². The lowest BCUT2D eigenvalue weighted by Crippen LogP contribution is -2.66. The molecule has 0 aromatic rings. The molecule has 11 atom stereocenters. The molecule has 3 heterocycles. The minimum atomic E-state index is -1.69. The molecule has 18 nitrogen and oxygen atoms in total. The number of fused-ring (bicyclic) bond motifs is 1. The molecule has 0 radical (unpaired) electrons. The van der Waals surface area contributed by atoms with Crippen LogP contribution in [0.2, 0.25) is 0 Å². The van der Waals surface area contributed by atoms with Crippen molar-refractivity contribution in [2.45, 2.75) is 130 Å². The Labute approximate surface area is 277 Å². The van der Waals surface area contributed by atoms with E-state index in [9.17, 15) is 28.8 Å². The summed E-state index contributed by atoms with van der Waals surface area (Å²) in [5.74, 6) is -6.25. The van der Waals surface area contributed by atoms with Gasteiger partial charge in [-0.2, -0.15) is 0 Å². The monoisotopic (exact) mass is 692 g/mol. The zero-order valence-corrected chi connectivity index (χ0v) is 28.3. The van der Waals surface area contributed by atoms with Crippen molar-refractivity contribution in [3.05, 3.63) is 0 Å². The average Bonchev–Trinajstić information content (AvgIpc) is 3.29. The standard InChI is InChI=1S/C30H44O18/c1-13(2)10-39-30(9)47-27-25(42-18(7)35)23(21(12-38-15(4)32)45-29(27)48-30)46-28-26(43-19(8)36)24(41-17(6)34)22(40-16(5)33)20(44-28)11-37-14(3)31/h13,20-29H,10-12H2,1-9H3/t20-,21-,22+,23-,24+,25+,26-,27-,28+,29-,30?/m1/s1. The zero-order valence-electron chi connectivity index (χ0n) is 28.3. The summed E-state index contributed by atoms with van der Waals surface area (Å²) < 4.78 is 68.7. The minimum Gasteiger partial charge on any atom is -0.463 e. The molecule has 0 spiro atoms. The van der Waals surface area contributed by atoms with Crippen molar-refractivity contribution < 1.29 is 85.6 Å². The van der Waals surface area contributed by atoms with Crippen molar-refractivity contribution in [2.75, 3.05) is 19.8 Å². The average molecular weight is 693 g/mol. The highest BCUT2D eigenvalue weighted by Gasteiger charge is 2.61. The van der Waals surface area contributed by atoms with Crippen LogP contribution in [0.1, 0.15) is 62.3 Å². The van der Waals surface area contributed by atoms with E-state index in [-0.39, 0.29) is 12.5 Å². The third-order valence-electron chi connectivity index (χ3n) is 6.94. The van der Waals surface area contributed by atoms with E-state index in [2.05, 4.69) is 0 Å². The number of carbonyl (C=O) groups excluding carboxylic acids is 6. The Kier molecular flexibility index (Phi) is 13.7. The van der Waals surface area contributed by atoms with Crippen LogP contribution in [-0.2, 0) is 85.6 Å². The fraction of sp³-hybridized carbons (Fsp3) is 0.800. The first kappa shape index (κ1) is 39.0. The molecule has 1 unspecified atom stereocenters. The Morgan fingerprint density at radius 3 is 1.58 bits per heavy atom. The van der Waals surface area contributed by atoms with Crippen molar-refractivity contribution in [1.29, 1.82) is 0 Å². The smallest absolute Gasteiger partial charge is 0.303 e. The van der Waals surface area contributed by atoms with Crippen LogP contribution in [0.5, 0.6) is 0 Å². The fourth-order valence-corrected chi connectivity index (χ4v) is 5.25. The maximum Gasteiger partial charge on any atom is 0.303 e. The predicted octanol–water partition coefficient (Wildman–Crippen LogP) is 0.436. The molecular formula is C30H44O18. The molecule has 0 aromatic carbocycles. The van der Waals surface area contributed by atoms with Crippen molar-refractivity contribution in [3.63, 3.8) is 0 Å². The van der Waals surface area contributed by atoms with E-state index in [1.165, 1.54) is 6.92 Å². The highest BCUT2D eigenvalue weighted by atomic mass is 16.9. The SMILES string of the molecule is CC(=O)OC[C@H]1O[C@@H](O[C@H]2[C@H](OC(C)=O)[C@H]3OC(C)(OCC(C)C)O[C@H]3O[C@@H]2COC(C)=O)[C@H](OC(C)=O)[C@@H](OC(C)=O)[C@H]1OC(C)=O. The number of ether oxygens (including phenoxy) is 12. The third-order valence-corrected chi connectivity index (χ3v) is 6.94. The molecule has 0 bridgehead atoms. The zero-order chi connectivity index (χ0) is 35.9. The summed E-state index contributed by atoms with van der Waals surface area (Å²) in [4.78, 5) is 72.7. The molecule has 18 heteroatoms. The van der Waals surface area contributed by atoms with Crippen LogP contribution in [-0.4, -0.2) is 123 Å². The second kappa shape index (κ2) is 16.8. The van der Waals surface area contributed by atoms with Crippen LogP contribution in [0.3, 0.4) is 0 Å². The topological polar surface area (TPSA) is 213 Å². The molecule has 3 aliphatic heterocycles. The lowest BCUT2D eigenvalue weighted by Gasteiger charge is -2.47. The molecule has 48 heavy (non-hydrogen) atoms. The number of carbonyl (C=O) groups is 6. The molecule has 0 aromatic heterocycles. The van der Waals surface area contributed by atoms with E-state index in [0.717, 1.165) is 41.5 Å². The van der Waals surface area contributed by atoms with Gasteiger partial charge in [0.15, 0.2) is 43.1 Å². The summed E-state index contributed by atoms with van der Waals surface area (Å²) in [7, 11) is 0. The highest BCUT2D eigenvalue weighted by molar-refractivity contribution is 5.69. The summed E-state index contributed by atoms with van der Waals surface area (Å²) in [5.41, 5.74) is 0. The molecule has 3 aliphatic rings. The van der Waals surface area contributed by atoms with Gasteiger partial charge in [-0.05, 0) is 5.92 Å². The molecule has 3 rings (SSSR count). The van der Waals surface area contributed by atoms with Gasteiger partial charge in [0.25, 0.3) is 5.97 Å². The molecule has 0 amide bonds. The van der Waals surface area contributed by atoms with Crippen LogP contribution in [0, 0.1) is 5.92 Å². The summed E-state index contributed by atoms with van der Waals surface area (Å²) >= 11 is 0. The number of rotatable bonds is 13. The van der Waals surface area contributed by atoms with Gasteiger partial charge in [0.2, 0.25) is 0 Å². The number of hydrogen-bond donors (Lipinski definition) is 0. The van der Waals surface area contributed by atoms with Gasteiger partial charge in [-0.25, -0.2) is 0 Å². The Bertz CT molecular complexity index is 1190. The first-order valence-electron chi connectivity index (χ1n) is 15.3. The maximum atomic E-state index is 12.4. The first-order chi connectivity index (χ1) is 22.4. The molecular weight excluding hydrogens is 648 g/mol. The largest absolute Gasteiger partial charge is 0.463 e. The quantitative estimate of drug-likeness (QED) is 0.189. The molecule has 0 N–H and O–H groups in total. The Morgan fingerprint density at radius 2 is 1.08 bits per heavy atom. The van der Waals surface area contributed by atoms with Crippen LogP contribution in [0.25, 0.3) is 0 Å². The van der Waals surface area contributed by atoms with E-state index in [0.29, 0.717) is 0 Å². The lowest BCUT2D eigenvalue weighted by molar-refractivity contribution is -0.353. The van der Waals surface area contributed by atoms with Crippen LogP contribution in [0.4, 0.5) is 0 Å². The molecule has 0 aliphatic carbocycles. The summed E-state index contributed by atoms with van der Waals surface area (Å²) in [6.07, 6.45) is -14.0. The van der Waals surface area contributed by atoms with Gasteiger partial charge in [-0.1, -0.05) is 13.8 Å². The van der Waals surface area contributed by atoms with Crippen LogP contribution >= 0.6 is 0 Å². The number of hydrogen-bond acceptors (Lipinski definition) is 18. The van der Waals surface area contributed by atoms with Gasteiger partial charge in [0.1, 0.15) is 31.5 Å². The van der Waals surface area contributed by atoms with E-state index < -0.39 is 116 Å². The van der Waals surface area contributed by atoms with Gasteiger partial charge in [-0.3, -0.25) is 33.5 Å². The van der Waals surface area contributed by atoms with Crippen LogP contribution < -0.4 is 0 Å². The third kappa shape index (κ3) is 10.8. The number of esters is 6. The van der Waals surface area contributed by atoms with E-state index >= 15 is 0 Å². The summed E-state index contributed by atoms with van der Waals surface area (Å²) in [6, 6.07) is 0.